The van der Waals surface area contributed by atoms with E-state index in [0.29, 0.717) is 47.2 Å². The molecule has 29 heavy (non-hydrogen) atoms. The number of hydrogen-bond acceptors (Lipinski definition) is 8. The molecule has 1 aliphatic heterocycles. The molecule has 0 aliphatic carbocycles. The summed E-state index contributed by atoms with van der Waals surface area (Å²) in [5.74, 6) is 0.0802. The van der Waals surface area contributed by atoms with Gasteiger partial charge in [0.2, 0.25) is 5.75 Å². The van der Waals surface area contributed by atoms with Crippen molar-refractivity contribution in [2.45, 2.75) is 25.7 Å². The number of ether oxygens (including phenoxy) is 6. The Kier molecular flexibility index (Phi) is 7.94. The third-order valence-electron chi connectivity index (χ3n) is 4.29. The zero-order valence-electron chi connectivity index (χ0n) is 17.3. The van der Waals surface area contributed by atoms with Crippen LogP contribution in [0.15, 0.2) is 35.8 Å². The van der Waals surface area contributed by atoms with E-state index in [2.05, 4.69) is 0 Å². The van der Waals surface area contributed by atoms with E-state index in [1.807, 2.05) is 0 Å². The van der Waals surface area contributed by atoms with E-state index < -0.39 is 17.9 Å². The van der Waals surface area contributed by atoms with Crippen molar-refractivity contribution in [2.24, 2.45) is 0 Å². The first-order valence-electron chi connectivity index (χ1n) is 9.11. The van der Waals surface area contributed by atoms with Gasteiger partial charge in [-0.05, 0) is 37.1 Å². The maximum Gasteiger partial charge on any atom is 0.334 e. The molecule has 158 valence electrons. The molecule has 1 aliphatic rings. The molecule has 0 aromatic heterocycles. The lowest BCUT2D eigenvalue weighted by Gasteiger charge is -2.25. The van der Waals surface area contributed by atoms with Gasteiger partial charge in [-0.2, -0.15) is 0 Å². The minimum atomic E-state index is -0.875. The van der Waals surface area contributed by atoms with Gasteiger partial charge in [-0.25, -0.2) is 4.79 Å². The second kappa shape index (κ2) is 10.4. The number of methoxy groups -OCH3 is 4. The number of esters is 2. The summed E-state index contributed by atoms with van der Waals surface area (Å²) in [6, 6.07) is 3.33. The molecular formula is C21H26O8. The van der Waals surface area contributed by atoms with Crippen LogP contribution in [0.4, 0.5) is 0 Å². The van der Waals surface area contributed by atoms with Gasteiger partial charge in [0.05, 0.1) is 41.1 Å². The number of hydrogen-bond donors (Lipinski definition) is 0. The summed E-state index contributed by atoms with van der Waals surface area (Å²) in [5.41, 5.74) is 0.537. The van der Waals surface area contributed by atoms with Crippen molar-refractivity contribution >= 4 is 11.9 Å². The zero-order chi connectivity index (χ0) is 21.4. The fourth-order valence-electron chi connectivity index (χ4n) is 3.00. The molecule has 0 radical (unpaired) electrons. The lowest BCUT2D eigenvalue weighted by atomic mass is 9.94. The molecule has 1 unspecified atom stereocenters. The third-order valence-corrected chi connectivity index (χ3v) is 4.29. The highest BCUT2D eigenvalue weighted by Gasteiger charge is 2.32. The number of rotatable bonds is 8. The van der Waals surface area contributed by atoms with Gasteiger partial charge in [-0.3, -0.25) is 4.79 Å². The van der Waals surface area contributed by atoms with Crippen LogP contribution in [-0.4, -0.2) is 47.0 Å². The Labute approximate surface area is 170 Å². The van der Waals surface area contributed by atoms with Crippen LogP contribution < -0.4 is 14.2 Å². The predicted octanol–water partition coefficient (Wildman–Crippen LogP) is 3.11. The topological polar surface area (TPSA) is 89.5 Å². The van der Waals surface area contributed by atoms with Crippen molar-refractivity contribution in [3.63, 3.8) is 0 Å². The standard InChI is InChI=1S/C21H26O8/c1-6-28-18(22)12-14-8-7-9-15(29-14)19(21(23)27-5)13-10-16(24-2)20(26-4)17(11-13)25-3/h9-12,19H,6-8H2,1-5H3/b14-12-. The molecule has 1 aromatic rings. The SMILES string of the molecule is CCOC(=O)/C=C1/CCC=C(C(C(=O)OC)c2cc(OC)c(OC)c(OC)c2)O1. The highest BCUT2D eigenvalue weighted by atomic mass is 16.5. The van der Waals surface area contributed by atoms with E-state index in [4.69, 9.17) is 28.4 Å². The maximum atomic E-state index is 12.6. The number of carbonyl (C=O) groups is 2. The van der Waals surface area contributed by atoms with Crippen molar-refractivity contribution in [1.29, 1.82) is 0 Å². The molecule has 0 N–H and O–H groups in total. The summed E-state index contributed by atoms with van der Waals surface area (Å²) < 4.78 is 31.9. The molecule has 2 rings (SSSR count). The number of benzene rings is 1. The summed E-state index contributed by atoms with van der Waals surface area (Å²) >= 11 is 0. The first-order chi connectivity index (χ1) is 14.0. The Bertz CT molecular complexity index is 784. The molecular weight excluding hydrogens is 380 g/mol. The van der Waals surface area contributed by atoms with E-state index in [-0.39, 0.29) is 6.61 Å². The number of carbonyl (C=O) groups excluding carboxylic acids is 2. The fraction of sp³-hybridized carbons (Fsp3) is 0.429. The van der Waals surface area contributed by atoms with E-state index >= 15 is 0 Å². The van der Waals surface area contributed by atoms with Gasteiger partial charge in [-0.15, -0.1) is 0 Å². The molecule has 0 spiro atoms. The van der Waals surface area contributed by atoms with Gasteiger partial charge in [-0.1, -0.05) is 0 Å². The monoisotopic (exact) mass is 406 g/mol. The summed E-state index contributed by atoms with van der Waals surface area (Å²) in [6.45, 7) is 1.99. The van der Waals surface area contributed by atoms with Gasteiger partial charge in [0, 0.05) is 6.42 Å². The molecule has 1 aromatic carbocycles. The van der Waals surface area contributed by atoms with Gasteiger partial charge < -0.3 is 28.4 Å². The Morgan fingerprint density at radius 2 is 1.76 bits per heavy atom. The van der Waals surface area contributed by atoms with Gasteiger partial charge in [0.25, 0.3) is 0 Å². The average Bonchev–Trinajstić information content (AvgIpc) is 2.73. The minimum absolute atomic E-state index is 0.265. The van der Waals surface area contributed by atoms with Crippen LogP contribution in [-0.2, 0) is 23.8 Å². The summed E-state index contributed by atoms with van der Waals surface area (Å²) in [4.78, 5) is 24.4. The second-order valence-electron chi connectivity index (χ2n) is 6.02. The van der Waals surface area contributed by atoms with E-state index in [0.717, 1.165) is 0 Å². The molecule has 0 amide bonds. The average molecular weight is 406 g/mol. The Balaban J connectivity index is 2.46. The molecule has 0 saturated carbocycles. The van der Waals surface area contributed by atoms with Gasteiger partial charge in [0.15, 0.2) is 11.5 Å². The number of allylic oxidation sites excluding steroid dienone is 2. The Morgan fingerprint density at radius 3 is 2.28 bits per heavy atom. The third kappa shape index (κ3) is 5.22. The predicted molar refractivity (Wildman–Crippen MR) is 104 cm³/mol. The molecule has 0 bridgehead atoms. The highest BCUT2D eigenvalue weighted by molar-refractivity contribution is 5.83. The van der Waals surface area contributed by atoms with E-state index in [1.54, 1.807) is 25.1 Å². The van der Waals surface area contributed by atoms with Crippen molar-refractivity contribution < 1.29 is 38.0 Å². The highest BCUT2D eigenvalue weighted by Crippen LogP contribution is 2.42. The fourth-order valence-corrected chi connectivity index (χ4v) is 3.00. The van der Waals surface area contributed by atoms with Gasteiger partial charge >= 0.3 is 11.9 Å². The molecule has 8 heteroatoms. The molecule has 0 saturated heterocycles. The van der Waals surface area contributed by atoms with Crippen molar-refractivity contribution in [3.8, 4) is 17.2 Å². The van der Waals surface area contributed by atoms with Crippen molar-refractivity contribution in [1.82, 2.24) is 0 Å². The van der Waals surface area contributed by atoms with Crippen molar-refractivity contribution in [2.75, 3.05) is 35.0 Å². The normalized spacial score (nSPS) is 15.6. The molecule has 1 atom stereocenters. The summed E-state index contributed by atoms with van der Waals surface area (Å²) in [6.07, 6.45) is 4.21. The van der Waals surface area contributed by atoms with Crippen LogP contribution in [0.3, 0.4) is 0 Å². The molecule has 0 fully saturated rings. The van der Waals surface area contributed by atoms with E-state index in [1.165, 1.54) is 34.5 Å². The first-order valence-corrected chi connectivity index (χ1v) is 9.11. The van der Waals surface area contributed by atoms with Crippen LogP contribution in [0.1, 0.15) is 31.2 Å². The van der Waals surface area contributed by atoms with Gasteiger partial charge in [0.1, 0.15) is 17.4 Å². The maximum absolute atomic E-state index is 12.6. The van der Waals surface area contributed by atoms with Crippen LogP contribution in [0.2, 0.25) is 0 Å². The van der Waals surface area contributed by atoms with Crippen molar-refractivity contribution in [3.05, 3.63) is 41.4 Å². The minimum Gasteiger partial charge on any atom is -0.493 e. The quantitative estimate of drug-likeness (QED) is 0.481. The van der Waals surface area contributed by atoms with Crippen LogP contribution in [0.5, 0.6) is 17.2 Å². The smallest absolute Gasteiger partial charge is 0.334 e. The first kappa shape index (κ1) is 22.1. The van der Waals surface area contributed by atoms with E-state index in [9.17, 15) is 9.59 Å². The van der Waals surface area contributed by atoms with Crippen LogP contribution in [0, 0.1) is 0 Å². The molecule has 1 heterocycles. The molecule has 8 nitrogen and oxygen atoms in total. The Hall–Kier alpha value is -3.16. The summed E-state index contributed by atoms with van der Waals surface area (Å²) in [5, 5.41) is 0. The lowest BCUT2D eigenvalue weighted by molar-refractivity contribution is -0.142. The zero-order valence-corrected chi connectivity index (χ0v) is 17.3. The Morgan fingerprint density at radius 1 is 1.10 bits per heavy atom. The van der Waals surface area contributed by atoms with Crippen LogP contribution >= 0.6 is 0 Å². The largest absolute Gasteiger partial charge is 0.493 e. The lowest BCUT2D eigenvalue weighted by Crippen LogP contribution is -2.20. The van der Waals surface area contributed by atoms with Crippen LogP contribution in [0.25, 0.3) is 0 Å². The second-order valence-corrected chi connectivity index (χ2v) is 6.02. The summed E-state index contributed by atoms with van der Waals surface area (Å²) in [7, 11) is 5.78.